The first kappa shape index (κ1) is 19.2. The lowest BCUT2D eigenvalue weighted by atomic mass is 10.2. The van der Waals surface area contributed by atoms with E-state index in [1.807, 2.05) is 18.2 Å². The summed E-state index contributed by atoms with van der Waals surface area (Å²) >= 11 is 2.16. The molecule has 0 aromatic heterocycles. The topological polar surface area (TPSA) is 53.9 Å². The molecule has 132 valence electrons. The number of nitrogens with one attached hydrogen (secondary N) is 1. The lowest BCUT2D eigenvalue weighted by Gasteiger charge is -2.20. The number of carbonyl (C=O) groups excluding carboxylic acids is 1. The number of anilines is 1. The molecule has 2 rings (SSSR count). The SMILES string of the molecule is CCN(CC)c1ccc(/C=N\NC(=O)c2ccc(I)c(OC)c2)cc1. The van der Waals surface area contributed by atoms with Crippen molar-refractivity contribution in [2.45, 2.75) is 13.8 Å². The highest BCUT2D eigenvalue weighted by Gasteiger charge is 2.08. The molecule has 0 spiro atoms. The molecule has 0 unspecified atom stereocenters. The highest BCUT2D eigenvalue weighted by Crippen LogP contribution is 2.21. The van der Waals surface area contributed by atoms with Crippen LogP contribution in [0, 0.1) is 3.57 Å². The van der Waals surface area contributed by atoms with E-state index in [0.29, 0.717) is 11.3 Å². The first-order valence-corrected chi connectivity index (χ1v) is 9.18. The van der Waals surface area contributed by atoms with Gasteiger partial charge in [0.05, 0.1) is 16.9 Å². The molecule has 0 aliphatic rings. The molecule has 0 aliphatic carbocycles. The molecule has 0 atom stereocenters. The number of hydrogen-bond donors (Lipinski definition) is 1. The van der Waals surface area contributed by atoms with Gasteiger partial charge in [-0.05, 0) is 72.3 Å². The van der Waals surface area contributed by atoms with Gasteiger partial charge in [0.2, 0.25) is 0 Å². The van der Waals surface area contributed by atoms with Crippen LogP contribution in [0.25, 0.3) is 0 Å². The van der Waals surface area contributed by atoms with Gasteiger partial charge in [0.25, 0.3) is 5.91 Å². The minimum Gasteiger partial charge on any atom is -0.496 e. The second kappa shape index (κ2) is 9.41. The van der Waals surface area contributed by atoms with E-state index < -0.39 is 0 Å². The number of amides is 1. The average Bonchev–Trinajstić information content (AvgIpc) is 2.64. The molecule has 0 radical (unpaired) electrons. The number of hydrazone groups is 1. The van der Waals surface area contributed by atoms with Gasteiger partial charge in [-0.1, -0.05) is 12.1 Å². The summed E-state index contributed by atoms with van der Waals surface area (Å²) in [6.07, 6.45) is 1.63. The monoisotopic (exact) mass is 451 g/mol. The van der Waals surface area contributed by atoms with E-state index in [1.165, 1.54) is 5.69 Å². The van der Waals surface area contributed by atoms with Crippen LogP contribution in [0.5, 0.6) is 5.75 Å². The summed E-state index contributed by atoms with van der Waals surface area (Å²) in [5.41, 5.74) is 5.15. The zero-order valence-corrected chi connectivity index (χ0v) is 16.8. The van der Waals surface area contributed by atoms with Crippen LogP contribution in [-0.2, 0) is 0 Å². The van der Waals surface area contributed by atoms with Crippen LogP contribution in [0.1, 0.15) is 29.8 Å². The van der Waals surface area contributed by atoms with Crippen molar-refractivity contribution in [2.75, 3.05) is 25.1 Å². The Balaban J connectivity index is 1.99. The maximum atomic E-state index is 12.1. The van der Waals surface area contributed by atoms with Crippen molar-refractivity contribution in [3.8, 4) is 5.75 Å². The van der Waals surface area contributed by atoms with E-state index in [4.69, 9.17) is 4.74 Å². The van der Waals surface area contributed by atoms with Gasteiger partial charge in [0, 0.05) is 24.3 Å². The molecule has 5 nitrogen and oxygen atoms in total. The number of ether oxygens (including phenoxy) is 1. The van der Waals surface area contributed by atoms with Gasteiger partial charge in [0.1, 0.15) is 5.75 Å². The summed E-state index contributed by atoms with van der Waals surface area (Å²) in [6.45, 7) is 6.21. The largest absolute Gasteiger partial charge is 0.496 e. The van der Waals surface area contributed by atoms with Gasteiger partial charge in [-0.3, -0.25) is 4.79 Å². The molecule has 0 aliphatic heterocycles. The van der Waals surface area contributed by atoms with Gasteiger partial charge in [0.15, 0.2) is 0 Å². The Labute approximate surface area is 162 Å². The summed E-state index contributed by atoms with van der Waals surface area (Å²) in [5.74, 6) is 0.398. The first-order chi connectivity index (χ1) is 12.1. The van der Waals surface area contributed by atoms with Crippen LogP contribution in [-0.4, -0.2) is 32.3 Å². The molecule has 0 heterocycles. The average molecular weight is 451 g/mol. The van der Waals surface area contributed by atoms with Crippen molar-refractivity contribution in [3.05, 3.63) is 57.2 Å². The van der Waals surface area contributed by atoms with E-state index in [-0.39, 0.29) is 5.91 Å². The maximum absolute atomic E-state index is 12.1. The van der Waals surface area contributed by atoms with Crippen LogP contribution in [0.15, 0.2) is 47.6 Å². The second-order valence-corrected chi connectivity index (χ2v) is 6.47. The van der Waals surface area contributed by atoms with Gasteiger partial charge in [-0.2, -0.15) is 5.10 Å². The number of halogens is 1. The molecule has 0 saturated heterocycles. The van der Waals surface area contributed by atoms with Gasteiger partial charge in [-0.25, -0.2) is 5.43 Å². The van der Waals surface area contributed by atoms with Crippen molar-refractivity contribution < 1.29 is 9.53 Å². The molecule has 0 bridgehead atoms. The zero-order valence-electron chi connectivity index (χ0n) is 14.6. The summed E-state index contributed by atoms with van der Waals surface area (Å²) in [5, 5.41) is 4.03. The van der Waals surface area contributed by atoms with E-state index in [1.54, 1.807) is 25.5 Å². The number of nitrogens with zero attached hydrogens (tertiary/aromatic N) is 2. The van der Waals surface area contributed by atoms with Gasteiger partial charge >= 0.3 is 0 Å². The summed E-state index contributed by atoms with van der Waals surface area (Å²) < 4.78 is 6.18. The summed E-state index contributed by atoms with van der Waals surface area (Å²) in [4.78, 5) is 14.4. The smallest absolute Gasteiger partial charge is 0.271 e. The molecule has 1 amide bonds. The standard InChI is InChI=1S/C19H22IN3O2/c1-4-23(5-2)16-9-6-14(7-10-16)13-21-22-19(24)15-8-11-17(20)18(12-15)25-3/h6-13H,4-5H2,1-3H3,(H,22,24)/b21-13-. The highest BCUT2D eigenvalue weighted by atomic mass is 127. The molecule has 6 heteroatoms. The molecule has 2 aromatic rings. The van der Waals surface area contributed by atoms with Crippen LogP contribution in [0.3, 0.4) is 0 Å². The van der Waals surface area contributed by atoms with Gasteiger partial charge in [-0.15, -0.1) is 0 Å². The Bertz CT molecular complexity index is 741. The Hall–Kier alpha value is -2.09. The number of rotatable bonds is 7. The quantitative estimate of drug-likeness (QED) is 0.395. The molecule has 0 fully saturated rings. The third-order valence-corrected chi connectivity index (χ3v) is 4.71. The number of methoxy groups -OCH3 is 1. The Morgan fingerprint density at radius 3 is 2.48 bits per heavy atom. The van der Waals surface area contributed by atoms with E-state index in [0.717, 1.165) is 22.2 Å². The first-order valence-electron chi connectivity index (χ1n) is 8.11. The third kappa shape index (κ3) is 5.19. The third-order valence-electron chi connectivity index (χ3n) is 3.81. The maximum Gasteiger partial charge on any atom is 0.271 e. The minimum atomic E-state index is -0.272. The normalized spacial score (nSPS) is 10.7. The lowest BCUT2D eigenvalue weighted by molar-refractivity contribution is 0.0954. The summed E-state index contributed by atoms with van der Waals surface area (Å²) in [6, 6.07) is 13.4. The lowest BCUT2D eigenvalue weighted by Crippen LogP contribution is -2.21. The highest BCUT2D eigenvalue weighted by molar-refractivity contribution is 14.1. The zero-order chi connectivity index (χ0) is 18.2. The molecule has 1 N–H and O–H groups in total. The minimum absolute atomic E-state index is 0.272. The van der Waals surface area contributed by atoms with Crippen molar-refractivity contribution in [1.82, 2.24) is 5.43 Å². The van der Waals surface area contributed by atoms with Crippen molar-refractivity contribution in [2.24, 2.45) is 5.10 Å². The molecule has 0 saturated carbocycles. The van der Waals surface area contributed by atoms with Crippen molar-refractivity contribution >= 4 is 40.4 Å². The van der Waals surface area contributed by atoms with Crippen LogP contribution in [0.2, 0.25) is 0 Å². The van der Waals surface area contributed by atoms with Crippen molar-refractivity contribution in [1.29, 1.82) is 0 Å². The molecule has 2 aromatic carbocycles. The van der Waals surface area contributed by atoms with Crippen LogP contribution < -0.4 is 15.1 Å². The Kier molecular flexibility index (Phi) is 7.24. The fourth-order valence-electron chi connectivity index (χ4n) is 2.39. The number of carbonyl (C=O) groups is 1. The fraction of sp³-hybridized carbons (Fsp3) is 0.263. The second-order valence-electron chi connectivity index (χ2n) is 5.31. The van der Waals surface area contributed by atoms with Gasteiger partial charge < -0.3 is 9.64 Å². The Morgan fingerprint density at radius 1 is 1.20 bits per heavy atom. The molecular formula is C19H22IN3O2. The van der Waals surface area contributed by atoms with Crippen LogP contribution >= 0.6 is 22.6 Å². The van der Waals surface area contributed by atoms with E-state index >= 15 is 0 Å². The van der Waals surface area contributed by atoms with E-state index in [2.05, 4.69) is 64.0 Å². The van der Waals surface area contributed by atoms with Crippen molar-refractivity contribution in [3.63, 3.8) is 0 Å². The Morgan fingerprint density at radius 2 is 1.88 bits per heavy atom. The summed E-state index contributed by atoms with van der Waals surface area (Å²) in [7, 11) is 1.58. The predicted octanol–water partition coefficient (Wildman–Crippen LogP) is 3.91. The molecular weight excluding hydrogens is 429 g/mol. The van der Waals surface area contributed by atoms with Crippen LogP contribution in [0.4, 0.5) is 5.69 Å². The number of benzene rings is 2. The molecule has 25 heavy (non-hydrogen) atoms. The predicted molar refractivity (Wildman–Crippen MR) is 111 cm³/mol. The fourth-order valence-corrected chi connectivity index (χ4v) is 2.95. The number of hydrogen-bond acceptors (Lipinski definition) is 4. The van der Waals surface area contributed by atoms with E-state index in [9.17, 15) is 4.79 Å².